The molecule has 17 heavy (non-hydrogen) atoms. The Kier molecular flexibility index (Phi) is 3.44. The van der Waals surface area contributed by atoms with E-state index in [1.807, 2.05) is 51.4 Å². The van der Waals surface area contributed by atoms with Crippen LogP contribution >= 0.6 is 35.2 Å². The first-order valence-corrected chi connectivity index (χ1v) is 7.05. The van der Waals surface area contributed by atoms with Crippen molar-refractivity contribution in [2.24, 2.45) is 0 Å². The monoisotopic (exact) mass is 362 g/mol. The molecule has 2 aromatic heterocycles. The van der Waals surface area contributed by atoms with Crippen LogP contribution in [0.3, 0.4) is 0 Å². The van der Waals surface area contributed by atoms with Crippen LogP contribution in [0.2, 0.25) is 0 Å². The molecule has 0 bridgehead atoms. The van der Waals surface area contributed by atoms with Crippen molar-refractivity contribution < 1.29 is 7.25 Å². The number of hydrogen-bond donors (Lipinski definition) is 0. The Bertz CT molecular complexity index is 527. The van der Waals surface area contributed by atoms with E-state index in [1.165, 1.54) is 18.6 Å². The summed E-state index contributed by atoms with van der Waals surface area (Å²) in [7, 11) is 0. The molecule has 1 aliphatic carbocycles. The van der Waals surface area contributed by atoms with E-state index in [4.69, 9.17) is 7.25 Å². The van der Waals surface area contributed by atoms with Crippen LogP contribution in [0.15, 0.2) is 24.4 Å². The van der Waals surface area contributed by atoms with Crippen molar-refractivity contribution in [3.63, 3.8) is 0 Å². The number of hydrogen-bond acceptors (Lipinski definition) is 4. The lowest BCUT2D eigenvalue weighted by Crippen LogP contribution is -2.24. The molecule has 0 aromatic carbocycles. The van der Waals surface area contributed by atoms with E-state index in [2.05, 4.69) is 4.98 Å². The maximum absolute atomic E-state index is 5.78. The zero-order valence-corrected chi connectivity index (χ0v) is 12.0. The Labute approximate surface area is 118 Å². The van der Waals surface area contributed by atoms with Crippen molar-refractivity contribution in [2.45, 2.75) is 25.4 Å². The summed E-state index contributed by atoms with van der Waals surface area (Å²) in [4.78, 5) is 4.51. The van der Waals surface area contributed by atoms with Gasteiger partial charge in [0.15, 0.2) is 5.65 Å². The summed E-state index contributed by atoms with van der Waals surface area (Å²) in [5.74, 6) is 0.705. The lowest BCUT2D eigenvalue weighted by molar-refractivity contribution is 0.115. The van der Waals surface area contributed by atoms with Gasteiger partial charge in [-0.25, -0.2) is 2.51 Å². The van der Waals surface area contributed by atoms with Crippen LogP contribution < -0.4 is 4.74 Å². The van der Waals surface area contributed by atoms with Gasteiger partial charge in [0.05, 0.1) is 0 Å². The van der Waals surface area contributed by atoms with Gasteiger partial charge >= 0.3 is 0 Å². The van der Waals surface area contributed by atoms with E-state index in [1.54, 1.807) is 0 Å². The molecule has 0 saturated heterocycles. The van der Waals surface area contributed by atoms with Crippen molar-refractivity contribution in [2.75, 3.05) is 0 Å². The van der Waals surface area contributed by atoms with E-state index in [0.717, 1.165) is 23.9 Å². The Balaban J connectivity index is 1.89. The number of halogens is 1. The summed E-state index contributed by atoms with van der Waals surface area (Å²) in [6.07, 6.45) is 5.85. The molecular formula is C11H11IN2O2S. The predicted octanol–water partition coefficient (Wildman–Crippen LogP) is 3.75. The maximum atomic E-state index is 5.78. The molecule has 2 heterocycles. The molecule has 1 saturated carbocycles. The molecule has 90 valence electrons. The lowest BCUT2D eigenvalue weighted by atomic mass is 9.96. The van der Waals surface area contributed by atoms with Gasteiger partial charge < -0.3 is 4.74 Å². The maximum Gasteiger partial charge on any atom is 0.215 e. The molecule has 0 N–H and O–H groups in total. The average molecular weight is 362 g/mol. The SMILES string of the molecule is IOSn1ccc2ccc(OC3CCC3)nc21. The van der Waals surface area contributed by atoms with Gasteiger partial charge in [-0.05, 0) is 31.4 Å². The van der Waals surface area contributed by atoms with Gasteiger partial charge in [0.1, 0.15) is 41.3 Å². The highest BCUT2D eigenvalue weighted by atomic mass is 127. The highest BCUT2D eigenvalue weighted by Gasteiger charge is 2.19. The standard InChI is InChI=1S/C11H11IN2O2S/c12-16-17-14-7-6-8-4-5-10(13-11(8)14)15-9-2-1-3-9/h4-7,9H,1-3H2. The molecule has 2 aromatic rings. The van der Waals surface area contributed by atoms with Crippen LogP contribution in [0.5, 0.6) is 5.88 Å². The molecule has 0 aliphatic heterocycles. The molecule has 1 fully saturated rings. The Hall–Kier alpha value is -0.470. The molecular weight excluding hydrogens is 351 g/mol. The van der Waals surface area contributed by atoms with Gasteiger partial charge in [-0.3, -0.25) is 3.97 Å². The molecule has 0 unspecified atom stereocenters. The number of rotatable bonds is 4. The highest BCUT2D eigenvalue weighted by Crippen LogP contribution is 2.27. The molecule has 3 rings (SSSR count). The minimum Gasteiger partial charge on any atom is -0.474 e. The first-order valence-electron chi connectivity index (χ1n) is 5.47. The third-order valence-corrected chi connectivity index (χ3v) is 3.92. The van der Waals surface area contributed by atoms with E-state index >= 15 is 0 Å². The number of pyridine rings is 1. The molecule has 4 nitrogen and oxygen atoms in total. The molecule has 0 amide bonds. The second-order valence-electron chi connectivity index (χ2n) is 4.01. The topological polar surface area (TPSA) is 36.3 Å². The summed E-state index contributed by atoms with van der Waals surface area (Å²) in [6.45, 7) is 0. The van der Waals surface area contributed by atoms with Crippen molar-refractivity contribution >= 4 is 46.3 Å². The van der Waals surface area contributed by atoms with Crippen molar-refractivity contribution in [1.29, 1.82) is 0 Å². The Morgan fingerprint density at radius 3 is 2.94 bits per heavy atom. The van der Waals surface area contributed by atoms with Crippen LogP contribution in [-0.2, 0) is 2.51 Å². The Morgan fingerprint density at radius 1 is 1.35 bits per heavy atom. The fourth-order valence-corrected chi connectivity index (χ4v) is 2.69. The van der Waals surface area contributed by atoms with E-state index in [-0.39, 0.29) is 0 Å². The molecule has 1 aliphatic rings. The van der Waals surface area contributed by atoms with Gasteiger partial charge in [0.2, 0.25) is 5.88 Å². The van der Waals surface area contributed by atoms with Crippen LogP contribution in [0, 0.1) is 0 Å². The molecule has 0 atom stereocenters. The van der Waals surface area contributed by atoms with Crippen molar-refractivity contribution in [3.8, 4) is 5.88 Å². The number of fused-ring (bicyclic) bond motifs is 1. The normalized spacial score (nSPS) is 16.1. The first kappa shape index (κ1) is 11.6. The summed E-state index contributed by atoms with van der Waals surface area (Å²) in [6, 6.07) is 5.97. The number of nitrogens with zero attached hydrogens (tertiary/aromatic N) is 2. The Morgan fingerprint density at radius 2 is 2.24 bits per heavy atom. The lowest BCUT2D eigenvalue weighted by Gasteiger charge is -2.25. The van der Waals surface area contributed by atoms with Crippen LogP contribution in [0.1, 0.15) is 19.3 Å². The minimum atomic E-state index is 0.358. The van der Waals surface area contributed by atoms with Gasteiger partial charge in [-0.15, -0.1) is 0 Å². The average Bonchev–Trinajstić information content (AvgIpc) is 2.67. The summed E-state index contributed by atoms with van der Waals surface area (Å²) in [5, 5.41) is 1.09. The van der Waals surface area contributed by atoms with Crippen molar-refractivity contribution in [1.82, 2.24) is 8.96 Å². The van der Waals surface area contributed by atoms with Gasteiger partial charge in [-0.1, -0.05) is 0 Å². The van der Waals surface area contributed by atoms with E-state index in [0.29, 0.717) is 12.0 Å². The van der Waals surface area contributed by atoms with E-state index in [9.17, 15) is 0 Å². The van der Waals surface area contributed by atoms with Crippen LogP contribution in [0.25, 0.3) is 11.0 Å². The summed E-state index contributed by atoms with van der Waals surface area (Å²) >= 11 is 3.09. The zero-order valence-electron chi connectivity index (χ0n) is 9.01. The molecule has 6 heteroatoms. The van der Waals surface area contributed by atoms with E-state index < -0.39 is 0 Å². The number of ether oxygens (including phenoxy) is 1. The summed E-state index contributed by atoms with van der Waals surface area (Å²) < 4.78 is 12.7. The second-order valence-corrected chi connectivity index (χ2v) is 5.76. The van der Waals surface area contributed by atoms with Gasteiger partial charge in [-0.2, -0.15) is 4.98 Å². The zero-order chi connectivity index (χ0) is 11.7. The fourth-order valence-electron chi connectivity index (χ4n) is 1.78. The quantitative estimate of drug-likeness (QED) is 0.613. The van der Waals surface area contributed by atoms with Gasteiger partial charge in [0, 0.05) is 17.6 Å². The highest BCUT2D eigenvalue weighted by molar-refractivity contribution is 14.1. The fraction of sp³-hybridized carbons (Fsp3) is 0.364. The third-order valence-electron chi connectivity index (χ3n) is 2.93. The first-order chi connectivity index (χ1) is 8.36. The number of aromatic nitrogens is 2. The molecule has 0 spiro atoms. The smallest absolute Gasteiger partial charge is 0.215 e. The largest absolute Gasteiger partial charge is 0.474 e. The molecule has 0 radical (unpaired) electrons. The predicted molar refractivity (Wildman–Crippen MR) is 76.1 cm³/mol. The van der Waals surface area contributed by atoms with Crippen molar-refractivity contribution in [3.05, 3.63) is 24.4 Å². The van der Waals surface area contributed by atoms with Crippen LogP contribution in [0.4, 0.5) is 0 Å². The second kappa shape index (κ2) is 5.03. The summed E-state index contributed by atoms with van der Waals surface area (Å²) in [5.41, 5.74) is 0.878. The van der Waals surface area contributed by atoms with Gasteiger partial charge in [0.25, 0.3) is 0 Å². The third kappa shape index (κ3) is 2.38. The van der Waals surface area contributed by atoms with Crippen LogP contribution in [-0.4, -0.2) is 15.1 Å². The minimum absolute atomic E-state index is 0.358.